The van der Waals surface area contributed by atoms with Gasteiger partial charge in [0.25, 0.3) is 0 Å². The van der Waals surface area contributed by atoms with E-state index in [0.29, 0.717) is 18.3 Å². The van der Waals surface area contributed by atoms with Crippen molar-refractivity contribution in [3.05, 3.63) is 18.0 Å². The second-order valence-corrected chi connectivity index (χ2v) is 6.01. The molecule has 1 aromatic heterocycles. The highest BCUT2D eigenvalue weighted by Gasteiger charge is 2.22. The number of piperidine rings is 1. The first kappa shape index (κ1) is 15.0. The average Bonchev–Trinajstić information content (AvgIpc) is 2.86. The minimum atomic E-state index is 0.0245. The molecule has 2 heterocycles. The Hall–Kier alpha value is -1.36. The van der Waals surface area contributed by atoms with Gasteiger partial charge in [0, 0.05) is 25.2 Å². The Balaban J connectivity index is 1.79. The molecule has 2 N–H and O–H groups in total. The van der Waals surface area contributed by atoms with Gasteiger partial charge in [-0.25, -0.2) is 0 Å². The van der Waals surface area contributed by atoms with Gasteiger partial charge in [0.1, 0.15) is 0 Å². The van der Waals surface area contributed by atoms with E-state index >= 15 is 0 Å². The van der Waals surface area contributed by atoms with E-state index in [1.54, 1.807) is 10.9 Å². The van der Waals surface area contributed by atoms with Crippen LogP contribution in [0.15, 0.2) is 12.4 Å². The lowest BCUT2D eigenvalue weighted by Gasteiger charge is -2.28. The summed E-state index contributed by atoms with van der Waals surface area (Å²) >= 11 is 0. The monoisotopic (exact) mass is 278 g/mol. The summed E-state index contributed by atoms with van der Waals surface area (Å²) in [5.41, 5.74) is 1.05. The molecule has 2 atom stereocenters. The fourth-order valence-corrected chi connectivity index (χ4v) is 2.92. The Morgan fingerprint density at radius 3 is 2.80 bits per heavy atom. The van der Waals surface area contributed by atoms with E-state index in [1.165, 1.54) is 12.8 Å². The molecule has 2 unspecified atom stereocenters. The third-order valence-corrected chi connectivity index (χ3v) is 4.30. The number of aromatic nitrogens is 2. The smallest absolute Gasteiger partial charge is 0.220 e. The number of hydrogen-bond donors (Lipinski definition) is 2. The van der Waals surface area contributed by atoms with Crippen LogP contribution in [0.25, 0.3) is 0 Å². The van der Waals surface area contributed by atoms with E-state index in [1.807, 2.05) is 20.2 Å². The Labute approximate surface area is 121 Å². The van der Waals surface area contributed by atoms with Crippen molar-refractivity contribution in [1.82, 2.24) is 20.4 Å². The van der Waals surface area contributed by atoms with Crippen LogP contribution in [0.5, 0.6) is 0 Å². The maximum absolute atomic E-state index is 12.1. The maximum Gasteiger partial charge on any atom is 0.220 e. The number of rotatable bonds is 5. The highest BCUT2D eigenvalue weighted by Crippen LogP contribution is 2.24. The molecule has 1 amide bonds. The predicted molar refractivity (Wildman–Crippen MR) is 79.1 cm³/mol. The van der Waals surface area contributed by atoms with Gasteiger partial charge in [0.2, 0.25) is 5.91 Å². The molecular weight excluding hydrogens is 252 g/mol. The number of carbonyl (C=O) groups is 1. The molecule has 1 aliphatic rings. The summed E-state index contributed by atoms with van der Waals surface area (Å²) in [4.78, 5) is 12.1. The van der Waals surface area contributed by atoms with Crippen LogP contribution < -0.4 is 10.6 Å². The molecule has 2 rings (SSSR count). The second-order valence-electron chi connectivity index (χ2n) is 6.01. The first-order chi connectivity index (χ1) is 9.56. The number of hydrogen-bond acceptors (Lipinski definition) is 3. The Kier molecular flexibility index (Phi) is 5.17. The molecule has 0 bridgehead atoms. The zero-order valence-corrected chi connectivity index (χ0v) is 12.7. The molecular formula is C15H26N4O. The van der Waals surface area contributed by atoms with Gasteiger partial charge < -0.3 is 10.6 Å². The highest BCUT2D eigenvalue weighted by molar-refractivity contribution is 5.76. The van der Waals surface area contributed by atoms with Crippen molar-refractivity contribution in [1.29, 1.82) is 0 Å². The van der Waals surface area contributed by atoms with Crippen LogP contribution in [0.3, 0.4) is 0 Å². The summed E-state index contributed by atoms with van der Waals surface area (Å²) in [7, 11) is 1.89. The van der Waals surface area contributed by atoms with E-state index in [2.05, 4.69) is 22.7 Å². The van der Waals surface area contributed by atoms with Crippen LogP contribution >= 0.6 is 0 Å². The molecule has 1 fully saturated rings. The lowest BCUT2D eigenvalue weighted by Crippen LogP contribution is -2.34. The van der Waals surface area contributed by atoms with E-state index < -0.39 is 0 Å². The van der Waals surface area contributed by atoms with Gasteiger partial charge in [-0.15, -0.1) is 0 Å². The molecule has 1 aromatic rings. The largest absolute Gasteiger partial charge is 0.349 e. The Morgan fingerprint density at radius 1 is 1.50 bits per heavy atom. The van der Waals surface area contributed by atoms with Crippen LogP contribution in [0.2, 0.25) is 0 Å². The molecule has 5 heteroatoms. The third-order valence-electron chi connectivity index (χ3n) is 4.30. The van der Waals surface area contributed by atoms with Gasteiger partial charge in [-0.05, 0) is 44.7 Å². The summed E-state index contributed by atoms with van der Waals surface area (Å²) in [6, 6.07) is 0.0245. The molecule has 5 nitrogen and oxygen atoms in total. The fourth-order valence-electron chi connectivity index (χ4n) is 2.92. The van der Waals surface area contributed by atoms with Crippen LogP contribution in [-0.4, -0.2) is 28.8 Å². The number of nitrogens with one attached hydrogen (secondary N) is 2. The van der Waals surface area contributed by atoms with E-state index in [0.717, 1.165) is 18.7 Å². The van der Waals surface area contributed by atoms with Crippen LogP contribution in [-0.2, 0) is 11.8 Å². The Bertz CT molecular complexity index is 437. The molecule has 112 valence electrons. The molecule has 1 saturated heterocycles. The number of amides is 1. The quantitative estimate of drug-likeness (QED) is 0.860. The first-order valence-corrected chi connectivity index (χ1v) is 7.55. The summed E-state index contributed by atoms with van der Waals surface area (Å²) in [5.74, 6) is 1.28. The summed E-state index contributed by atoms with van der Waals surface area (Å²) in [5, 5.41) is 10.6. The zero-order chi connectivity index (χ0) is 14.5. The van der Waals surface area contributed by atoms with E-state index in [-0.39, 0.29) is 11.9 Å². The average molecular weight is 278 g/mol. The van der Waals surface area contributed by atoms with Crippen molar-refractivity contribution in [3.8, 4) is 0 Å². The maximum atomic E-state index is 12.1. The van der Waals surface area contributed by atoms with Crippen LogP contribution in [0.1, 0.15) is 44.7 Å². The molecule has 0 radical (unpaired) electrons. The van der Waals surface area contributed by atoms with Gasteiger partial charge in [-0.3, -0.25) is 9.48 Å². The molecule has 0 saturated carbocycles. The van der Waals surface area contributed by atoms with Gasteiger partial charge in [-0.1, -0.05) is 6.92 Å². The lowest BCUT2D eigenvalue weighted by molar-refractivity contribution is -0.123. The SMILES string of the molecule is CC(NC(=O)CC(C)C1CCNCC1)c1cnn(C)c1. The molecule has 1 aliphatic heterocycles. The lowest BCUT2D eigenvalue weighted by atomic mass is 9.84. The zero-order valence-electron chi connectivity index (χ0n) is 12.7. The highest BCUT2D eigenvalue weighted by atomic mass is 16.1. The number of nitrogens with zero attached hydrogens (tertiary/aromatic N) is 2. The molecule has 0 aliphatic carbocycles. The minimum absolute atomic E-state index is 0.0245. The van der Waals surface area contributed by atoms with E-state index in [9.17, 15) is 4.79 Å². The normalized spacial score (nSPS) is 19.6. The molecule has 20 heavy (non-hydrogen) atoms. The summed E-state index contributed by atoms with van der Waals surface area (Å²) < 4.78 is 1.76. The topological polar surface area (TPSA) is 59.0 Å². The van der Waals surface area contributed by atoms with Gasteiger partial charge in [0.05, 0.1) is 12.2 Å². The third kappa shape index (κ3) is 4.07. The summed E-state index contributed by atoms with van der Waals surface area (Å²) in [6.45, 7) is 6.37. The van der Waals surface area contributed by atoms with Crippen molar-refractivity contribution in [2.24, 2.45) is 18.9 Å². The fraction of sp³-hybridized carbons (Fsp3) is 0.733. The van der Waals surface area contributed by atoms with Crippen molar-refractivity contribution in [3.63, 3.8) is 0 Å². The standard InChI is InChI=1S/C15H26N4O/c1-11(13-4-6-16-7-5-13)8-15(20)18-12(2)14-9-17-19(3)10-14/h9-13,16H,4-8H2,1-3H3,(H,18,20). The molecule has 0 spiro atoms. The second kappa shape index (κ2) is 6.88. The van der Waals surface area contributed by atoms with Gasteiger partial charge >= 0.3 is 0 Å². The summed E-state index contributed by atoms with van der Waals surface area (Å²) in [6.07, 6.45) is 6.75. The van der Waals surface area contributed by atoms with Gasteiger partial charge in [-0.2, -0.15) is 5.10 Å². The van der Waals surface area contributed by atoms with Crippen molar-refractivity contribution < 1.29 is 4.79 Å². The van der Waals surface area contributed by atoms with E-state index in [4.69, 9.17) is 0 Å². The van der Waals surface area contributed by atoms with Crippen LogP contribution in [0.4, 0.5) is 0 Å². The number of aryl methyl sites for hydroxylation is 1. The van der Waals surface area contributed by atoms with Crippen LogP contribution in [0, 0.1) is 11.8 Å². The van der Waals surface area contributed by atoms with Crippen molar-refractivity contribution in [2.45, 2.75) is 39.2 Å². The number of carbonyl (C=O) groups excluding carboxylic acids is 1. The Morgan fingerprint density at radius 2 is 2.20 bits per heavy atom. The predicted octanol–water partition coefficient (Wildman–Crippen LogP) is 1.62. The van der Waals surface area contributed by atoms with Gasteiger partial charge in [0.15, 0.2) is 0 Å². The molecule has 0 aromatic carbocycles. The van der Waals surface area contributed by atoms with Crippen molar-refractivity contribution >= 4 is 5.91 Å². The minimum Gasteiger partial charge on any atom is -0.349 e. The van der Waals surface area contributed by atoms with Crippen molar-refractivity contribution in [2.75, 3.05) is 13.1 Å². The first-order valence-electron chi connectivity index (χ1n) is 7.55.